The Morgan fingerprint density at radius 2 is 1.97 bits per heavy atom. The minimum Gasteiger partial charge on any atom is -0.507 e. The molecule has 2 aromatic heterocycles. The van der Waals surface area contributed by atoms with Crippen LogP contribution in [-0.4, -0.2) is 48.1 Å². The van der Waals surface area contributed by atoms with E-state index in [0.717, 1.165) is 37.9 Å². The van der Waals surface area contributed by atoms with Crippen molar-refractivity contribution in [3.8, 4) is 11.6 Å². The van der Waals surface area contributed by atoms with Crippen LogP contribution in [0.15, 0.2) is 41.2 Å². The number of benzene rings is 1. The van der Waals surface area contributed by atoms with E-state index in [1.54, 1.807) is 0 Å². The highest BCUT2D eigenvalue weighted by Gasteiger charge is 2.21. The Balaban J connectivity index is 0.000000340. The van der Waals surface area contributed by atoms with E-state index in [1.165, 1.54) is 18.1 Å². The molecule has 2 N–H and O–H groups in total. The molecule has 0 spiro atoms. The van der Waals surface area contributed by atoms with E-state index in [1.807, 2.05) is 44.2 Å². The Morgan fingerprint density at radius 3 is 2.66 bits per heavy atom. The molecule has 4 rings (SSSR count). The van der Waals surface area contributed by atoms with Gasteiger partial charge in [-0.15, -0.1) is 0 Å². The number of nitrogens with one attached hydrogen (secondary N) is 1. The highest BCUT2D eigenvalue weighted by molar-refractivity contribution is 6.30. The van der Waals surface area contributed by atoms with Crippen molar-refractivity contribution < 1.29 is 19.0 Å². The fourth-order valence-corrected chi connectivity index (χ4v) is 3.27. The van der Waals surface area contributed by atoms with Crippen molar-refractivity contribution in [3.05, 3.63) is 63.3 Å². The lowest BCUT2D eigenvalue weighted by atomic mass is 10.2. The number of pyridine rings is 2. The molecule has 1 aromatic carbocycles. The molecule has 1 saturated heterocycles. The van der Waals surface area contributed by atoms with E-state index in [0.29, 0.717) is 0 Å². The lowest BCUT2D eigenvalue weighted by molar-refractivity contribution is 0.151. The van der Waals surface area contributed by atoms with Gasteiger partial charge in [0, 0.05) is 19.2 Å². The van der Waals surface area contributed by atoms with E-state index in [9.17, 15) is 14.3 Å². The van der Waals surface area contributed by atoms with Gasteiger partial charge in [0.25, 0.3) is 5.56 Å². The van der Waals surface area contributed by atoms with Gasteiger partial charge in [-0.25, -0.2) is 4.39 Å². The van der Waals surface area contributed by atoms with Crippen molar-refractivity contribution in [2.75, 3.05) is 33.4 Å². The molecule has 174 valence electrons. The van der Waals surface area contributed by atoms with E-state index in [4.69, 9.17) is 21.1 Å². The Hall–Kier alpha value is -2.68. The summed E-state index contributed by atoms with van der Waals surface area (Å²) in [4.78, 5) is 16.0. The van der Waals surface area contributed by atoms with Crippen LogP contribution in [0.25, 0.3) is 10.9 Å². The zero-order valence-electron chi connectivity index (χ0n) is 18.5. The highest BCUT2D eigenvalue weighted by atomic mass is 35.5. The van der Waals surface area contributed by atoms with Crippen LogP contribution in [0.4, 0.5) is 4.39 Å². The maximum absolute atomic E-state index is 14.5. The number of ether oxygens (including phenoxy) is 2. The van der Waals surface area contributed by atoms with Gasteiger partial charge in [-0.1, -0.05) is 55.8 Å². The average molecular weight is 466 g/mol. The first kappa shape index (κ1) is 25.6. The summed E-state index contributed by atoms with van der Waals surface area (Å²) in [7, 11) is 1.32. The van der Waals surface area contributed by atoms with Crippen LogP contribution >= 0.6 is 11.6 Å². The second-order valence-corrected chi connectivity index (χ2v) is 6.96. The van der Waals surface area contributed by atoms with Crippen molar-refractivity contribution in [2.24, 2.45) is 0 Å². The quantitative estimate of drug-likeness (QED) is 0.569. The molecule has 3 heterocycles. The smallest absolute Gasteiger partial charge is 0.255 e. The first-order chi connectivity index (χ1) is 15.5. The van der Waals surface area contributed by atoms with Gasteiger partial charge < -0.3 is 24.5 Å². The molecule has 1 fully saturated rings. The fourth-order valence-electron chi connectivity index (χ4n) is 3.11. The van der Waals surface area contributed by atoms with Gasteiger partial charge in [-0.3, -0.25) is 4.79 Å². The maximum atomic E-state index is 14.5. The molecular weight excluding hydrogens is 437 g/mol. The molecule has 0 atom stereocenters. The van der Waals surface area contributed by atoms with Gasteiger partial charge in [0.15, 0.2) is 11.0 Å². The third kappa shape index (κ3) is 6.41. The second kappa shape index (κ2) is 13.0. The summed E-state index contributed by atoms with van der Waals surface area (Å²) in [6.07, 6.45) is 1.17. The Labute approximate surface area is 191 Å². The molecule has 0 bridgehead atoms. The zero-order valence-corrected chi connectivity index (χ0v) is 19.3. The normalized spacial score (nSPS) is 13.3. The minimum absolute atomic E-state index is 0.00457. The van der Waals surface area contributed by atoms with Gasteiger partial charge in [-0.05, 0) is 18.5 Å². The average Bonchev–Trinajstić information content (AvgIpc) is 3.14. The lowest BCUT2D eigenvalue weighted by Gasteiger charge is -2.14. The minimum atomic E-state index is -0.883. The largest absolute Gasteiger partial charge is 0.507 e. The molecule has 9 heteroatoms. The predicted molar refractivity (Wildman–Crippen MR) is 124 cm³/mol. The van der Waals surface area contributed by atoms with E-state index in [2.05, 4.69) is 10.3 Å². The summed E-state index contributed by atoms with van der Waals surface area (Å²) >= 11 is 5.79. The summed E-state index contributed by atoms with van der Waals surface area (Å²) in [6.45, 7) is 8.10. The number of fused-ring (bicyclic) bond motifs is 1. The van der Waals surface area contributed by atoms with Crippen LogP contribution in [0, 0.1) is 5.82 Å². The maximum Gasteiger partial charge on any atom is 0.255 e. The fraction of sp³-hybridized carbons (Fsp3) is 0.391. The number of hydrogen-bond donors (Lipinski definition) is 2. The topological polar surface area (TPSA) is 85.6 Å². The molecule has 3 aromatic rings. The molecule has 0 aliphatic carbocycles. The first-order valence-electron chi connectivity index (χ1n) is 10.5. The lowest BCUT2D eigenvalue weighted by Crippen LogP contribution is -2.21. The summed E-state index contributed by atoms with van der Waals surface area (Å²) in [5, 5.41) is 12.8. The van der Waals surface area contributed by atoms with Crippen molar-refractivity contribution in [1.29, 1.82) is 0 Å². The van der Waals surface area contributed by atoms with Crippen LogP contribution in [0.2, 0.25) is 5.15 Å². The zero-order chi connectivity index (χ0) is 23.5. The van der Waals surface area contributed by atoms with Crippen LogP contribution < -0.4 is 15.6 Å². The van der Waals surface area contributed by atoms with Gasteiger partial charge in [-0.2, -0.15) is 4.98 Å². The summed E-state index contributed by atoms with van der Waals surface area (Å²) in [6, 6.07) is 10.1. The molecule has 0 amide bonds. The highest BCUT2D eigenvalue weighted by Crippen LogP contribution is 2.35. The monoisotopic (exact) mass is 465 g/mol. The predicted octanol–water partition coefficient (Wildman–Crippen LogP) is 3.97. The Kier molecular flexibility index (Phi) is 10.4. The number of aromatic hydroxyl groups is 1. The van der Waals surface area contributed by atoms with Gasteiger partial charge >= 0.3 is 0 Å². The van der Waals surface area contributed by atoms with Gasteiger partial charge in [0.2, 0.25) is 5.88 Å². The third-order valence-electron chi connectivity index (χ3n) is 4.53. The molecule has 7 nitrogen and oxygen atoms in total. The molecule has 0 radical (unpaired) electrons. The van der Waals surface area contributed by atoms with E-state index >= 15 is 0 Å². The number of aromatic nitrogens is 2. The SMILES string of the molecule is C1CNCCOC1.CC.COc1nc(Cl)c(F)c2c1c(O)cc(=O)n2Cc1ccccc1. The van der Waals surface area contributed by atoms with Crippen molar-refractivity contribution in [1.82, 2.24) is 14.9 Å². The number of methoxy groups -OCH3 is 1. The number of hydrogen-bond acceptors (Lipinski definition) is 6. The molecule has 0 unspecified atom stereocenters. The van der Waals surface area contributed by atoms with Gasteiger partial charge in [0.1, 0.15) is 11.1 Å². The number of rotatable bonds is 3. The van der Waals surface area contributed by atoms with Crippen LogP contribution in [-0.2, 0) is 11.3 Å². The number of nitrogens with zero attached hydrogens (tertiary/aromatic N) is 2. The van der Waals surface area contributed by atoms with Crippen molar-refractivity contribution in [3.63, 3.8) is 0 Å². The van der Waals surface area contributed by atoms with E-state index < -0.39 is 22.3 Å². The first-order valence-corrected chi connectivity index (χ1v) is 10.9. The van der Waals surface area contributed by atoms with Crippen LogP contribution in [0.5, 0.6) is 11.6 Å². The third-order valence-corrected chi connectivity index (χ3v) is 4.78. The Morgan fingerprint density at radius 1 is 1.25 bits per heavy atom. The molecular formula is C23H29ClFN3O4. The second-order valence-electron chi connectivity index (χ2n) is 6.60. The summed E-state index contributed by atoms with van der Waals surface area (Å²) in [5.41, 5.74) is 0.102. The van der Waals surface area contributed by atoms with Crippen LogP contribution in [0.1, 0.15) is 25.8 Å². The number of halogens is 2. The van der Waals surface area contributed by atoms with Crippen molar-refractivity contribution in [2.45, 2.75) is 26.8 Å². The Bertz CT molecular complexity index is 1040. The molecule has 32 heavy (non-hydrogen) atoms. The van der Waals surface area contributed by atoms with Crippen molar-refractivity contribution >= 4 is 22.5 Å². The van der Waals surface area contributed by atoms with Gasteiger partial charge in [0.05, 0.1) is 25.8 Å². The van der Waals surface area contributed by atoms with Crippen LogP contribution in [0.3, 0.4) is 0 Å². The standard InChI is InChI=1S/C16H12ClFN2O3.C5H11NO.C2H6/c1-23-16-12-10(21)7-11(22)20(8-9-5-3-2-4-6-9)14(12)13(18)15(17)19-16;1-2-6-3-5-7-4-1;1-2/h2-7,21H,8H2,1H3;6H,1-5H2;1-2H3. The molecule has 0 saturated carbocycles. The molecule has 1 aliphatic heterocycles. The summed E-state index contributed by atoms with van der Waals surface area (Å²) in [5.74, 6) is -1.34. The molecule has 1 aliphatic rings. The summed E-state index contributed by atoms with van der Waals surface area (Å²) < 4.78 is 25.9. The van der Waals surface area contributed by atoms with E-state index in [-0.39, 0.29) is 23.3 Å².